The van der Waals surface area contributed by atoms with Gasteiger partial charge in [-0.2, -0.15) is 0 Å². The second-order valence-corrected chi connectivity index (χ2v) is 4.53. The molecular weight excluding hydrogens is 276 g/mol. The van der Waals surface area contributed by atoms with E-state index in [1.165, 1.54) is 12.1 Å². The third kappa shape index (κ3) is 2.92. The van der Waals surface area contributed by atoms with Crippen molar-refractivity contribution >= 4 is 23.2 Å². The molecule has 5 heteroatoms. The molecule has 0 unspecified atom stereocenters. The van der Waals surface area contributed by atoms with E-state index in [4.69, 9.17) is 27.9 Å². The predicted molar refractivity (Wildman–Crippen MR) is 69.7 cm³/mol. The van der Waals surface area contributed by atoms with E-state index in [0.717, 1.165) is 5.69 Å². The van der Waals surface area contributed by atoms with Gasteiger partial charge >= 0.3 is 0 Å². The topological polar surface area (TPSA) is 22.1 Å². The van der Waals surface area contributed by atoms with Crippen LogP contribution in [-0.2, 0) is 6.61 Å². The Balaban J connectivity index is 2.15. The van der Waals surface area contributed by atoms with Gasteiger partial charge in [-0.05, 0) is 31.2 Å². The molecule has 2 nitrogen and oxygen atoms in total. The minimum absolute atomic E-state index is 0.0115. The smallest absolute Gasteiger partial charge is 0.142 e. The predicted octanol–water partition coefficient (Wildman–Crippen LogP) is 4.41. The lowest BCUT2D eigenvalue weighted by Gasteiger charge is -2.09. The van der Waals surface area contributed by atoms with Crippen molar-refractivity contribution in [3.63, 3.8) is 0 Å². The van der Waals surface area contributed by atoms with Gasteiger partial charge in [0, 0.05) is 16.3 Å². The lowest BCUT2D eigenvalue weighted by atomic mass is 10.2. The van der Waals surface area contributed by atoms with E-state index in [2.05, 4.69) is 4.98 Å². The van der Waals surface area contributed by atoms with Crippen molar-refractivity contribution in [3.05, 3.63) is 57.6 Å². The summed E-state index contributed by atoms with van der Waals surface area (Å²) in [6, 6.07) is 6.28. The van der Waals surface area contributed by atoms with Crippen LogP contribution in [0.1, 0.15) is 11.3 Å². The third-order valence-electron chi connectivity index (χ3n) is 2.41. The molecule has 0 bridgehead atoms. The Labute approximate surface area is 114 Å². The normalized spacial score (nSPS) is 10.4. The zero-order valence-electron chi connectivity index (χ0n) is 9.58. The van der Waals surface area contributed by atoms with E-state index in [0.29, 0.717) is 16.3 Å². The lowest BCUT2D eigenvalue weighted by molar-refractivity contribution is 0.304. The maximum Gasteiger partial charge on any atom is 0.142 e. The average molecular weight is 286 g/mol. The Bertz CT molecular complexity index is 558. The summed E-state index contributed by atoms with van der Waals surface area (Å²) in [5.74, 6) is 0.0682. The first-order valence-corrected chi connectivity index (χ1v) is 6.01. The van der Waals surface area contributed by atoms with Crippen molar-refractivity contribution in [2.24, 2.45) is 0 Å². The molecule has 0 amide bonds. The van der Waals surface area contributed by atoms with E-state index in [1.54, 1.807) is 12.3 Å². The van der Waals surface area contributed by atoms with Gasteiger partial charge in [0.2, 0.25) is 0 Å². The number of aromatic nitrogens is 1. The number of nitrogens with zero attached hydrogens (tertiary/aromatic N) is 1. The van der Waals surface area contributed by atoms with E-state index < -0.39 is 5.82 Å². The molecular formula is C13H10Cl2FNO. The molecule has 0 aliphatic carbocycles. The van der Waals surface area contributed by atoms with Crippen molar-refractivity contribution in [2.45, 2.75) is 13.5 Å². The maximum atomic E-state index is 13.3. The van der Waals surface area contributed by atoms with E-state index in [9.17, 15) is 4.39 Å². The number of benzene rings is 1. The summed E-state index contributed by atoms with van der Waals surface area (Å²) < 4.78 is 18.7. The summed E-state index contributed by atoms with van der Waals surface area (Å²) in [4.78, 5) is 4.09. The Morgan fingerprint density at radius 3 is 2.67 bits per heavy atom. The van der Waals surface area contributed by atoms with Gasteiger partial charge in [-0.25, -0.2) is 4.39 Å². The third-order valence-corrected chi connectivity index (χ3v) is 3.17. The Kier molecular flexibility index (Phi) is 4.04. The minimum atomic E-state index is -0.512. The van der Waals surface area contributed by atoms with Crippen LogP contribution in [0.2, 0.25) is 10.0 Å². The number of halogens is 3. The molecule has 94 valence electrons. The fourth-order valence-corrected chi connectivity index (χ4v) is 1.88. The number of aryl methyl sites for hydroxylation is 1. The fourth-order valence-electron chi connectivity index (χ4n) is 1.40. The quantitative estimate of drug-likeness (QED) is 0.779. The SMILES string of the molecule is Cc1ccc(OCc2c(Cl)ccc(F)c2Cl)cn1. The molecule has 0 aliphatic rings. The molecule has 0 aliphatic heterocycles. The highest BCUT2D eigenvalue weighted by Gasteiger charge is 2.11. The lowest BCUT2D eigenvalue weighted by Crippen LogP contribution is -1.99. The van der Waals surface area contributed by atoms with Crippen LogP contribution >= 0.6 is 23.2 Å². The highest BCUT2D eigenvalue weighted by atomic mass is 35.5. The van der Waals surface area contributed by atoms with E-state index >= 15 is 0 Å². The number of ether oxygens (including phenoxy) is 1. The second kappa shape index (κ2) is 5.55. The van der Waals surface area contributed by atoms with Crippen LogP contribution in [0, 0.1) is 12.7 Å². The van der Waals surface area contributed by atoms with Crippen molar-refractivity contribution in [1.29, 1.82) is 0 Å². The number of hydrogen-bond acceptors (Lipinski definition) is 2. The van der Waals surface area contributed by atoms with Crippen LogP contribution in [0.25, 0.3) is 0 Å². The van der Waals surface area contributed by atoms with Crippen LogP contribution in [0.4, 0.5) is 4.39 Å². The maximum absolute atomic E-state index is 13.3. The monoisotopic (exact) mass is 285 g/mol. The first-order valence-electron chi connectivity index (χ1n) is 5.26. The Morgan fingerprint density at radius 2 is 2.00 bits per heavy atom. The summed E-state index contributed by atoms with van der Waals surface area (Å²) in [7, 11) is 0. The van der Waals surface area contributed by atoms with Crippen LogP contribution in [-0.4, -0.2) is 4.98 Å². The van der Waals surface area contributed by atoms with Crippen molar-refractivity contribution in [3.8, 4) is 5.75 Å². The molecule has 1 heterocycles. The van der Waals surface area contributed by atoms with Gasteiger partial charge in [0.25, 0.3) is 0 Å². The zero-order valence-corrected chi connectivity index (χ0v) is 11.1. The van der Waals surface area contributed by atoms with Gasteiger partial charge in [-0.1, -0.05) is 23.2 Å². The van der Waals surface area contributed by atoms with Crippen molar-refractivity contribution in [2.75, 3.05) is 0 Å². The summed E-state index contributed by atoms with van der Waals surface area (Å²) in [5.41, 5.74) is 1.32. The summed E-state index contributed by atoms with van der Waals surface area (Å²) in [5, 5.41) is 0.365. The van der Waals surface area contributed by atoms with Crippen molar-refractivity contribution < 1.29 is 9.13 Å². The average Bonchev–Trinajstić information content (AvgIpc) is 2.36. The summed E-state index contributed by atoms with van der Waals surface area (Å²) in [6.07, 6.45) is 1.59. The summed E-state index contributed by atoms with van der Waals surface area (Å²) >= 11 is 11.8. The standard InChI is InChI=1S/C13H10Cl2FNO/c1-8-2-3-9(6-17-8)18-7-10-11(14)4-5-12(16)13(10)15/h2-6H,7H2,1H3. The first-order chi connectivity index (χ1) is 8.58. The van der Waals surface area contributed by atoms with Gasteiger partial charge < -0.3 is 4.74 Å². The Morgan fingerprint density at radius 1 is 1.22 bits per heavy atom. The number of hydrogen-bond donors (Lipinski definition) is 0. The van der Waals surface area contributed by atoms with Crippen LogP contribution in [0.15, 0.2) is 30.5 Å². The van der Waals surface area contributed by atoms with E-state index in [1.807, 2.05) is 13.0 Å². The molecule has 2 rings (SSSR count). The molecule has 18 heavy (non-hydrogen) atoms. The molecule has 0 spiro atoms. The zero-order chi connectivity index (χ0) is 13.1. The molecule has 0 N–H and O–H groups in total. The molecule has 0 fully saturated rings. The van der Waals surface area contributed by atoms with Gasteiger partial charge in [0.15, 0.2) is 0 Å². The molecule has 2 aromatic rings. The van der Waals surface area contributed by atoms with Crippen molar-refractivity contribution in [1.82, 2.24) is 4.98 Å². The molecule has 1 aromatic carbocycles. The van der Waals surface area contributed by atoms with Gasteiger partial charge in [0.05, 0.1) is 11.2 Å². The van der Waals surface area contributed by atoms with Gasteiger partial charge in [0.1, 0.15) is 18.2 Å². The molecule has 1 aromatic heterocycles. The van der Waals surface area contributed by atoms with Crippen LogP contribution < -0.4 is 4.74 Å². The largest absolute Gasteiger partial charge is 0.487 e. The molecule has 0 atom stereocenters. The number of pyridine rings is 1. The minimum Gasteiger partial charge on any atom is -0.487 e. The Hall–Kier alpha value is -1.32. The highest BCUT2D eigenvalue weighted by Crippen LogP contribution is 2.28. The van der Waals surface area contributed by atoms with E-state index in [-0.39, 0.29) is 11.6 Å². The highest BCUT2D eigenvalue weighted by molar-refractivity contribution is 6.36. The molecule has 0 radical (unpaired) electrons. The molecule has 0 saturated carbocycles. The fraction of sp³-hybridized carbons (Fsp3) is 0.154. The van der Waals surface area contributed by atoms with Gasteiger partial charge in [-0.15, -0.1) is 0 Å². The van der Waals surface area contributed by atoms with Crippen LogP contribution in [0.3, 0.4) is 0 Å². The first kappa shape index (κ1) is 13.1. The number of rotatable bonds is 3. The summed E-state index contributed by atoms with van der Waals surface area (Å²) in [6.45, 7) is 1.98. The van der Waals surface area contributed by atoms with Gasteiger partial charge in [-0.3, -0.25) is 4.98 Å². The second-order valence-electron chi connectivity index (χ2n) is 3.75. The van der Waals surface area contributed by atoms with Crippen LogP contribution in [0.5, 0.6) is 5.75 Å². The molecule has 0 saturated heterocycles.